The van der Waals surface area contributed by atoms with Gasteiger partial charge in [0.15, 0.2) is 0 Å². The molecule has 1 aromatic heterocycles. The molecule has 0 radical (unpaired) electrons. The first-order valence-electron chi connectivity index (χ1n) is 9.83. The minimum absolute atomic E-state index is 0.00124. The van der Waals surface area contributed by atoms with Crippen molar-refractivity contribution in [1.82, 2.24) is 9.88 Å². The van der Waals surface area contributed by atoms with E-state index in [1.165, 1.54) is 6.07 Å². The van der Waals surface area contributed by atoms with Crippen molar-refractivity contribution in [2.75, 3.05) is 12.3 Å². The third-order valence-electron chi connectivity index (χ3n) is 5.25. The summed E-state index contributed by atoms with van der Waals surface area (Å²) in [6.45, 7) is 6.15. The number of nitrogens with two attached hydrogens (primary N) is 1. The zero-order valence-electron chi connectivity index (χ0n) is 17.2. The van der Waals surface area contributed by atoms with Gasteiger partial charge in [-0.05, 0) is 57.0 Å². The highest BCUT2D eigenvalue weighted by Crippen LogP contribution is 2.33. The fourth-order valence-electron chi connectivity index (χ4n) is 3.53. The number of aliphatic imine (C=N–C) groups is 1. The topological polar surface area (TPSA) is 71.6 Å². The van der Waals surface area contributed by atoms with Crippen molar-refractivity contribution in [3.8, 4) is 11.3 Å². The number of halogens is 3. The molecule has 2 aromatic rings. The van der Waals surface area contributed by atoms with E-state index in [4.69, 9.17) is 5.73 Å². The van der Waals surface area contributed by atoms with Crippen LogP contribution >= 0.6 is 0 Å². The maximum absolute atomic E-state index is 12.9. The van der Waals surface area contributed by atoms with Crippen LogP contribution in [0.5, 0.6) is 0 Å². The molecular weight excluding hydrogens is 393 g/mol. The fourth-order valence-corrected chi connectivity index (χ4v) is 3.53. The van der Waals surface area contributed by atoms with Gasteiger partial charge in [-0.1, -0.05) is 6.07 Å². The number of aromatic nitrogens is 1. The van der Waals surface area contributed by atoms with Gasteiger partial charge in [-0.3, -0.25) is 9.79 Å². The largest absolute Gasteiger partial charge is 0.416 e. The number of pyridine rings is 1. The zero-order chi connectivity index (χ0) is 22.1. The van der Waals surface area contributed by atoms with Gasteiger partial charge in [0.05, 0.1) is 17.3 Å². The number of carbonyl (C=O) groups is 1. The van der Waals surface area contributed by atoms with Crippen LogP contribution in [0.4, 0.5) is 19.0 Å². The first kappa shape index (κ1) is 21.8. The number of aryl methyl sites for hydroxylation is 1. The van der Waals surface area contributed by atoms with Crippen molar-refractivity contribution in [3.63, 3.8) is 0 Å². The minimum atomic E-state index is -4.38. The summed E-state index contributed by atoms with van der Waals surface area (Å²) in [6, 6.07) is 7.17. The lowest BCUT2D eigenvalue weighted by molar-refractivity contribution is -0.137. The van der Waals surface area contributed by atoms with Crippen LogP contribution in [0.3, 0.4) is 0 Å². The number of carbonyl (C=O) groups excluding carboxylic acids is 1. The van der Waals surface area contributed by atoms with Gasteiger partial charge in [-0.2, -0.15) is 13.2 Å². The number of amides is 1. The van der Waals surface area contributed by atoms with Gasteiger partial charge >= 0.3 is 6.18 Å². The van der Waals surface area contributed by atoms with Crippen LogP contribution in [0, 0.1) is 6.92 Å². The Morgan fingerprint density at radius 3 is 2.60 bits per heavy atom. The maximum atomic E-state index is 12.9. The molecular formula is C22H25F3N4O. The van der Waals surface area contributed by atoms with Gasteiger partial charge in [0.2, 0.25) is 5.91 Å². The Balaban J connectivity index is 1.78. The summed E-state index contributed by atoms with van der Waals surface area (Å²) in [7, 11) is 0. The SMILES string of the molecule is Cc1cc(C(F)(F)F)ccc1-c1ccc(C=NC2CCC(=O)N(C(C)C)C2)c(N)n1. The summed E-state index contributed by atoms with van der Waals surface area (Å²) in [5, 5.41) is 0. The molecule has 0 aliphatic carbocycles. The summed E-state index contributed by atoms with van der Waals surface area (Å²) >= 11 is 0. The van der Waals surface area contributed by atoms with E-state index in [-0.39, 0.29) is 23.8 Å². The van der Waals surface area contributed by atoms with Gasteiger partial charge in [0.25, 0.3) is 0 Å². The first-order valence-corrected chi connectivity index (χ1v) is 9.83. The van der Waals surface area contributed by atoms with Crippen molar-refractivity contribution in [2.45, 2.75) is 51.9 Å². The molecule has 2 N–H and O–H groups in total. The van der Waals surface area contributed by atoms with Crippen LogP contribution in [0.15, 0.2) is 35.3 Å². The molecule has 1 saturated heterocycles. The number of anilines is 1. The van der Waals surface area contributed by atoms with Crippen molar-refractivity contribution in [1.29, 1.82) is 0 Å². The monoisotopic (exact) mass is 418 g/mol. The number of piperidine rings is 1. The van der Waals surface area contributed by atoms with Crippen molar-refractivity contribution < 1.29 is 18.0 Å². The zero-order valence-corrected chi connectivity index (χ0v) is 17.2. The number of benzene rings is 1. The molecule has 1 aromatic carbocycles. The van der Waals surface area contributed by atoms with E-state index in [0.29, 0.717) is 41.8 Å². The third kappa shape index (κ3) is 4.80. The molecule has 3 rings (SSSR count). The molecule has 160 valence electrons. The number of nitrogen functional groups attached to an aromatic ring is 1. The molecule has 1 amide bonds. The number of rotatable bonds is 4. The normalized spacial score (nSPS) is 17.9. The number of hydrogen-bond acceptors (Lipinski definition) is 4. The summed E-state index contributed by atoms with van der Waals surface area (Å²) in [4.78, 5) is 22.7. The highest BCUT2D eigenvalue weighted by molar-refractivity contribution is 5.87. The second-order valence-corrected chi connectivity index (χ2v) is 7.81. The molecule has 1 aliphatic rings. The summed E-state index contributed by atoms with van der Waals surface area (Å²) in [5.74, 6) is 0.400. The molecule has 0 bridgehead atoms. The van der Waals surface area contributed by atoms with E-state index < -0.39 is 11.7 Å². The number of likely N-dealkylation sites (tertiary alicyclic amines) is 1. The number of nitrogens with zero attached hydrogens (tertiary/aromatic N) is 3. The van der Waals surface area contributed by atoms with E-state index in [9.17, 15) is 18.0 Å². The van der Waals surface area contributed by atoms with Crippen LogP contribution in [0.2, 0.25) is 0 Å². The second kappa shape index (κ2) is 8.45. The highest BCUT2D eigenvalue weighted by Gasteiger charge is 2.31. The molecule has 1 atom stereocenters. The van der Waals surface area contributed by atoms with Crippen molar-refractivity contribution in [2.24, 2.45) is 4.99 Å². The Morgan fingerprint density at radius 2 is 2.00 bits per heavy atom. The Bertz CT molecular complexity index is 969. The van der Waals surface area contributed by atoms with Crippen LogP contribution in [0.25, 0.3) is 11.3 Å². The van der Waals surface area contributed by atoms with Crippen LogP contribution in [-0.2, 0) is 11.0 Å². The average Bonchev–Trinajstić information content (AvgIpc) is 2.67. The Hall–Kier alpha value is -2.90. The summed E-state index contributed by atoms with van der Waals surface area (Å²) < 4.78 is 38.6. The summed E-state index contributed by atoms with van der Waals surface area (Å²) in [6.07, 6.45) is -1.57. The van der Waals surface area contributed by atoms with E-state index >= 15 is 0 Å². The second-order valence-electron chi connectivity index (χ2n) is 7.81. The lowest BCUT2D eigenvalue weighted by atomic mass is 10.0. The summed E-state index contributed by atoms with van der Waals surface area (Å²) in [5.41, 5.74) is 7.59. The molecule has 1 fully saturated rings. The molecule has 1 unspecified atom stereocenters. The third-order valence-corrected chi connectivity index (χ3v) is 5.25. The molecule has 5 nitrogen and oxygen atoms in total. The van der Waals surface area contributed by atoms with E-state index in [2.05, 4.69) is 9.98 Å². The molecule has 0 spiro atoms. The quantitative estimate of drug-likeness (QED) is 0.745. The van der Waals surface area contributed by atoms with Gasteiger partial charge in [-0.25, -0.2) is 4.98 Å². The minimum Gasteiger partial charge on any atom is -0.383 e. The fraction of sp³-hybridized carbons (Fsp3) is 0.409. The Kier molecular flexibility index (Phi) is 6.14. The molecule has 2 heterocycles. The van der Waals surface area contributed by atoms with Gasteiger partial charge < -0.3 is 10.6 Å². The Morgan fingerprint density at radius 1 is 1.27 bits per heavy atom. The van der Waals surface area contributed by atoms with E-state index in [0.717, 1.165) is 12.1 Å². The van der Waals surface area contributed by atoms with Gasteiger partial charge in [0.1, 0.15) is 5.82 Å². The highest BCUT2D eigenvalue weighted by atomic mass is 19.4. The molecule has 30 heavy (non-hydrogen) atoms. The standard InChI is InChI=1S/C22H25F3N4O/c1-13(2)29-12-17(6-9-20(29)30)27-11-15-4-8-19(28-21(15)26)18-7-5-16(10-14(18)3)22(23,24)25/h4-5,7-8,10-11,13,17H,6,9,12H2,1-3H3,(H2,26,28). The van der Waals surface area contributed by atoms with Crippen molar-refractivity contribution >= 4 is 17.9 Å². The molecule has 0 saturated carbocycles. The van der Waals surface area contributed by atoms with Crippen LogP contribution < -0.4 is 5.73 Å². The predicted molar refractivity (Wildman–Crippen MR) is 111 cm³/mol. The van der Waals surface area contributed by atoms with Crippen molar-refractivity contribution in [3.05, 3.63) is 47.0 Å². The van der Waals surface area contributed by atoms with E-state index in [1.807, 2.05) is 18.7 Å². The van der Waals surface area contributed by atoms with E-state index in [1.54, 1.807) is 25.3 Å². The number of hydrogen-bond donors (Lipinski definition) is 1. The molecule has 8 heteroatoms. The average molecular weight is 418 g/mol. The lowest BCUT2D eigenvalue weighted by Gasteiger charge is -2.33. The predicted octanol–water partition coefficient (Wildman–Crippen LogP) is 4.48. The first-order chi connectivity index (χ1) is 14.1. The molecule has 1 aliphatic heterocycles. The smallest absolute Gasteiger partial charge is 0.383 e. The maximum Gasteiger partial charge on any atom is 0.416 e. The lowest BCUT2D eigenvalue weighted by Crippen LogP contribution is -2.45. The van der Waals surface area contributed by atoms with Crippen LogP contribution in [-0.4, -0.2) is 40.6 Å². The van der Waals surface area contributed by atoms with Gasteiger partial charge in [0, 0.05) is 36.3 Å². The number of alkyl halides is 3. The van der Waals surface area contributed by atoms with Crippen LogP contribution in [0.1, 0.15) is 43.4 Å². The Labute approximate surface area is 173 Å². The van der Waals surface area contributed by atoms with Gasteiger partial charge in [-0.15, -0.1) is 0 Å².